The molecule has 6 heteroatoms. The number of benzene rings is 1. The fraction of sp³-hybridized carbons (Fsp3) is 0.190. The van der Waals surface area contributed by atoms with E-state index in [1.807, 2.05) is 19.1 Å². The summed E-state index contributed by atoms with van der Waals surface area (Å²) in [6, 6.07) is 9.95. The molecule has 1 amide bonds. The van der Waals surface area contributed by atoms with Crippen LogP contribution in [-0.2, 0) is 0 Å². The zero-order chi connectivity index (χ0) is 19.2. The quantitative estimate of drug-likeness (QED) is 0.645. The predicted molar refractivity (Wildman–Crippen MR) is 104 cm³/mol. The minimum atomic E-state index is -0.615. The number of hydrogen-bond acceptors (Lipinski definition) is 4. The molecule has 5 nitrogen and oxygen atoms in total. The van der Waals surface area contributed by atoms with Gasteiger partial charge in [-0.3, -0.25) is 9.78 Å². The molecule has 0 unspecified atom stereocenters. The summed E-state index contributed by atoms with van der Waals surface area (Å²) in [7, 11) is 0. The minimum absolute atomic E-state index is 0.0458. The van der Waals surface area contributed by atoms with E-state index in [1.54, 1.807) is 37.4 Å². The lowest BCUT2D eigenvalue weighted by Crippen LogP contribution is -2.16. The summed E-state index contributed by atoms with van der Waals surface area (Å²) in [6.07, 6.45) is 6.31. The van der Waals surface area contributed by atoms with Crippen LogP contribution in [0.4, 0.5) is 10.1 Å². The van der Waals surface area contributed by atoms with Gasteiger partial charge in [0.1, 0.15) is 12.3 Å². The van der Waals surface area contributed by atoms with E-state index in [-0.39, 0.29) is 23.7 Å². The number of ether oxygens (including phenoxy) is 1. The predicted octanol–water partition coefficient (Wildman–Crippen LogP) is 4.67. The molecule has 0 aliphatic carbocycles. The van der Waals surface area contributed by atoms with Gasteiger partial charge in [-0.2, -0.15) is 0 Å². The van der Waals surface area contributed by atoms with Crippen LogP contribution < -0.4 is 10.1 Å². The van der Waals surface area contributed by atoms with Gasteiger partial charge in [0.25, 0.3) is 5.91 Å². The van der Waals surface area contributed by atoms with Crippen molar-refractivity contribution in [3.8, 4) is 5.75 Å². The Labute approximate surface area is 156 Å². The van der Waals surface area contributed by atoms with E-state index in [0.29, 0.717) is 16.6 Å². The third-order valence-electron chi connectivity index (χ3n) is 3.94. The number of amides is 1. The SMILES string of the molecule is CCC=CCOc1cccc(NC(=O)c2nc3cccnc3cc2C)c1F. The van der Waals surface area contributed by atoms with Crippen LogP contribution >= 0.6 is 0 Å². The maximum atomic E-state index is 14.6. The summed E-state index contributed by atoms with van der Waals surface area (Å²) in [5.41, 5.74) is 2.24. The number of carbonyl (C=O) groups excluding carboxylic acids is 1. The lowest BCUT2D eigenvalue weighted by molar-refractivity contribution is 0.102. The summed E-state index contributed by atoms with van der Waals surface area (Å²) in [5, 5.41) is 2.58. The van der Waals surface area contributed by atoms with Crippen LogP contribution in [0, 0.1) is 12.7 Å². The summed E-state index contributed by atoms with van der Waals surface area (Å²) in [4.78, 5) is 21.2. The summed E-state index contributed by atoms with van der Waals surface area (Å²) < 4.78 is 20.0. The Bertz CT molecular complexity index is 1000. The van der Waals surface area contributed by atoms with Gasteiger partial charge in [-0.05, 0) is 49.2 Å². The van der Waals surface area contributed by atoms with Crippen molar-refractivity contribution in [2.24, 2.45) is 0 Å². The molecule has 138 valence electrons. The number of fused-ring (bicyclic) bond motifs is 1. The van der Waals surface area contributed by atoms with Crippen molar-refractivity contribution < 1.29 is 13.9 Å². The van der Waals surface area contributed by atoms with Gasteiger partial charge in [-0.25, -0.2) is 9.37 Å². The van der Waals surface area contributed by atoms with Crippen LogP contribution in [0.5, 0.6) is 5.75 Å². The van der Waals surface area contributed by atoms with Gasteiger partial charge in [0, 0.05) is 6.20 Å². The lowest BCUT2D eigenvalue weighted by atomic mass is 10.1. The molecule has 1 aromatic carbocycles. The van der Waals surface area contributed by atoms with Crippen molar-refractivity contribution in [3.05, 3.63) is 71.8 Å². The van der Waals surface area contributed by atoms with Crippen LogP contribution in [0.2, 0.25) is 0 Å². The van der Waals surface area contributed by atoms with Crippen molar-refractivity contribution in [2.75, 3.05) is 11.9 Å². The molecule has 0 spiro atoms. The molecule has 0 radical (unpaired) electrons. The molecule has 0 aliphatic heterocycles. The smallest absolute Gasteiger partial charge is 0.274 e. The molecule has 0 saturated heterocycles. The standard InChI is InChI=1S/C21H20FN3O2/c1-3-4-5-12-27-18-10-6-8-16(19(18)22)25-21(26)20-14(2)13-17-15(24-20)9-7-11-23-17/h4-11,13H,3,12H2,1-2H3,(H,25,26). The van der Waals surface area contributed by atoms with Gasteiger partial charge in [-0.15, -0.1) is 0 Å². The first-order valence-electron chi connectivity index (χ1n) is 8.70. The third-order valence-corrected chi connectivity index (χ3v) is 3.94. The van der Waals surface area contributed by atoms with E-state index in [9.17, 15) is 9.18 Å². The highest BCUT2D eigenvalue weighted by atomic mass is 19.1. The van der Waals surface area contributed by atoms with Crippen molar-refractivity contribution in [1.29, 1.82) is 0 Å². The fourth-order valence-electron chi connectivity index (χ4n) is 2.60. The Morgan fingerprint density at radius 3 is 2.89 bits per heavy atom. The number of rotatable bonds is 6. The number of carbonyl (C=O) groups is 1. The number of nitrogens with zero attached hydrogens (tertiary/aromatic N) is 2. The van der Waals surface area contributed by atoms with E-state index < -0.39 is 11.7 Å². The van der Waals surface area contributed by atoms with Crippen LogP contribution in [0.25, 0.3) is 11.0 Å². The van der Waals surface area contributed by atoms with Gasteiger partial charge >= 0.3 is 0 Å². The van der Waals surface area contributed by atoms with Crippen LogP contribution in [-0.4, -0.2) is 22.5 Å². The minimum Gasteiger partial charge on any atom is -0.486 e. The number of hydrogen-bond donors (Lipinski definition) is 1. The van der Waals surface area contributed by atoms with Crippen molar-refractivity contribution in [3.63, 3.8) is 0 Å². The maximum absolute atomic E-state index is 14.6. The first kappa shape index (κ1) is 18.5. The third kappa shape index (κ3) is 4.28. The van der Waals surface area contributed by atoms with Crippen molar-refractivity contribution in [2.45, 2.75) is 20.3 Å². The molecule has 0 fully saturated rings. The summed E-state index contributed by atoms with van der Waals surface area (Å²) >= 11 is 0. The number of aromatic nitrogens is 2. The molecule has 2 heterocycles. The zero-order valence-electron chi connectivity index (χ0n) is 15.2. The van der Waals surface area contributed by atoms with Gasteiger partial charge < -0.3 is 10.1 Å². The van der Waals surface area contributed by atoms with Crippen LogP contribution in [0.3, 0.4) is 0 Å². The zero-order valence-corrected chi connectivity index (χ0v) is 15.2. The normalized spacial score (nSPS) is 11.1. The molecular formula is C21H20FN3O2. The Morgan fingerprint density at radius 1 is 1.22 bits per heavy atom. The van der Waals surface area contributed by atoms with E-state index >= 15 is 0 Å². The number of aryl methyl sites for hydroxylation is 1. The molecule has 1 N–H and O–H groups in total. The molecule has 27 heavy (non-hydrogen) atoms. The fourth-order valence-corrected chi connectivity index (χ4v) is 2.60. The summed E-state index contributed by atoms with van der Waals surface area (Å²) in [6.45, 7) is 4.04. The second-order valence-electron chi connectivity index (χ2n) is 5.96. The van der Waals surface area contributed by atoms with Crippen molar-refractivity contribution in [1.82, 2.24) is 9.97 Å². The molecule has 0 atom stereocenters. The first-order valence-corrected chi connectivity index (χ1v) is 8.70. The monoisotopic (exact) mass is 365 g/mol. The molecule has 0 aliphatic rings. The molecule has 0 saturated carbocycles. The second kappa shape index (κ2) is 8.40. The number of nitrogens with one attached hydrogen (secondary N) is 1. The Kier molecular flexibility index (Phi) is 5.76. The van der Waals surface area contributed by atoms with E-state index in [1.165, 1.54) is 12.1 Å². The topological polar surface area (TPSA) is 64.1 Å². The first-order chi connectivity index (χ1) is 13.1. The second-order valence-corrected chi connectivity index (χ2v) is 5.96. The highest BCUT2D eigenvalue weighted by molar-refractivity contribution is 6.05. The average molecular weight is 365 g/mol. The number of anilines is 1. The number of halogens is 1. The maximum Gasteiger partial charge on any atom is 0.274 e. The highest BCUT2D eigenvalue weighted by Crippen LogP contribution is 2.25. The Hall–Kier alpha value is -3.28. The Morgan fingerprint density at radius 2 is 2.07 bits per heavy atom. The molecule has 3 aromatic rings. The molecule has 2 aromatic heterocycles. The Balaban J connectivity index is 1.82. The number of allylic oxidation sites excluding steroid dienone is 1. The molecule has 3 rings (SSSR count). The van der Waals surface area contributed by atoms with Crippen LogP contribution in [0.1, 0.15) is 29.4 Å². The average Bonchev–Trinajstić information content (AvgIpc) is 2.67. The van der Waals surface area contributed by atoms with Gasteiger partial charge in [0.15, 0.2) is 11.6 Å². The lowest BCUT2D eigenvalue weighted by Gasteiger charge is -2.11. The molecular weight excluding hydrogens is 345 g/mol. The highest BCUT2D eigenvalue weighted by Gasteiger charge is 2.16. The summed E-state index contributed by atoms with van der Waals surface area (Å²) in [5.74, 6) is -1.02. The molecule has 0 bridgehead atoms. The van der Waals surface area contributed by atoms with Crippen LogP contribution in [0.15, 0.2) is 54.7 Å². The van der Waals surface area contributed by atoms with Crippen molar-refractivity contribution >= 4 is 22.6 Å². The number of pyridine rings is 2. The van der Waals surface area contributed by atoms with Gasteiger partial charge in [0.05, 0.1) is 16.7 Å². The van der Waals surface area contributed by atoms with Gasteiger partial charge in [-0.1, -0.05) is 25.1 Å². The largest absolute Gasteiger partial charge is 0.486 e. The van der Waals surface area contributed by atoms with E-state index in [2.05, 4.69) is 15.3 Å². The van der Waals surface area contributed by atoms with Gasteiger partial charge in [0.2, 0.25) is 0 Å². The van der Waals surface area contributed by atoms with E-state index in [0.717, 1.165) is 6.42 Å². The van der Waals surface area contributed by atoms with E-state index in [4.69, 9.17) is 4.74 Å².